The van der Waals surface area contributed by atoms with Crippen LogP contribution in [0.5, 0.6) is 0 Å². The van der Waals surface area contributed by atoms with Crippen molar-refractivity contribution in [1.29, 1.82) is 0 Å². The molecule has 34 heavy (non-hydrogen) atoms. The first kappa shape index (κ1) is 22.8. The molecule has 176 valence electrons. The average Bonchev–Trinajstić information content (AvgIpc) is 3.52. The Bertz CT molecular complexity index is 1340. The summed E-state index contributed by atoms with van der Waals surface area (Å²) in [6, 6.07) is 12.6. The number of nitrogens with zero attached hydrogens (tertiary/aromatic N) is 4. The first-order valence-corrected chi connectivity index (χ1v) is 13.2. The first-order valence-electron chi connectivity index (χ1n) is 11.4. The molecule has 0 radical (unpaired) electrons. The van der Waals surface area contributed by atoms with Crippen molar-refractivity contribution >= 4 is 44.5 Å². The van der Waals surface area contributed by atoms with Crippen molar-refractivity contribution in [3.8, 4) is 10.4 Å². The summed E-state index contributed by atoms with van der Waals surface area (Å²) >= 11 is 3.05. The zero-order chi connectivity index (χ0) is 23.5. The van der Waals surface area contributed by atoms with Crippen molar-refractivity contribution in [1.82, 2.24) is 19.8 Å². The summed E-state index contributed by atoms with van der Waals surface area (Å²) in [4.78, 5) is 36.5. The minimum Gasteiger partial charge on any atom is -0.369 e. The highest BCUT2D eigenvalue weighted by molar-refractivity contribution is 7.18. The molecule has 1 N–H and O–H groups in total. The van der Waals surface area contributed by atoms with Crippen molar-refractivity contribution in [3.05, 3.63) is 69.4 Å². The Kier molecular flexibility index (Phi) is 6.75. The van der Waals surface area contributed by atoms with Crippen LogP contribution < -0.4 is 15.8 Å². The van der Waals surface area contributed by atoms with E-state index >= 15 is 0 Å². The van der Waals surface area contributed by atoms with Gasteiger partial charge in [0, 0.05) is 60.8 Å². The molecule has 0 bridgehead atoms. The molecule has 4 aromatic rings. The molecular weight excluding hydrogens is 466 g/mol. The largest absolute Gasteiger partial charge is 0.369 e. The molecule has 1 aromatic carbocycles. The van der Waals surface area contributed by atoms with Crippen LogP contribution in [0.25, 0.3) is 20.7 Å². The molecule has 9 heteroatoms. The molecule has 1 fully saturated rings. The summed E-state index contributed by atoms with van der Waals surface area (Å²) in [5.74, 6) is -0.172. The van der Waals surface area contributed by atoms with Gasteiger partial charge in [0.05, 0.1) is 11.7 Å². The van der Waals surface area contributed by atoms with Crippen molar-refractivity contribution in [2.75, 3.05) is 44.2 Å². The summed E-state index contributed by atoms with van der Waals surface area (Å²) in [6.07, 6.45) is 1.48. The number of nitrogens with one attached hydrogen (secondary N) is 1. The molecular formula is C25H27N5O2S2. The number of thiophene rings is 2. The van der Waals surface area contributed by atoms with Gasteiger partial charge in [-0.3, -0.25) is 19.1 Å². The summed E-state index contributed by atoms with van der Waals surface area (Å²) in [6.45, 7) is 7.34. The van der Waals surface area contributed by atoms with Gasteiger partial charge in [0.2, 0.25) is 5.91 Å². The Morgan fingerprint density at radius 1 is 1.12 bits per heavy atom. The van der Waals surface area contributed by atoms with E-state index in [4.69, 9.17) is 0 Å². The summed E-state index contributed by atoms with van der Waals surface area (Å²) in [5, 5.41) is 7.51. The lowest BCUT2D eigenvalue weighted by molar-refractivity contribution is -0.121. The SMILES string of the molecule is Cc1cccc(N2CCN(CCNC(=O)Cn3cnc4scc(-c5cccs5)c4c3=O)CC2)c1. The molecule has 1 saturated heterocycles. The molecule has 3 aromatic heterocycles. The Morgan fingerprint density at radius 3 is 2.74 bits per heavy atom. The molecule has 7 nitrogen and oxygen atoms in total. The second kappa shape index (κ2) is 10.1. The predicted octanol–water partition coefficient (Wildman–Crippen LogP) is 3.43. The maximum atomic E-state index is 13.1. The third kappa shape index (κ3) is 4.91. The quantitative estimate of drug-likeness (QED) is 0.427. The van der Waals surface area contributed by atoms with E-state index in [-0.39, 0.29) is 18.0 Å². The van der Waals surface area contributed by atoms with E-state index in [1.807, 2.05) is 22.9 Å². The van der Waals surface area contributed by atoms with Gasteiger partial charge in [-0.05, 0) is 36.1 Å². The van der Waals surface area contributed by atoms with Gasteiger partial charge in [-0.15, -0.1) is 22.7 Å². The number of amides is 1. The van der Waals surface area contributed by atoms with Crippen molar-refractivity contribution in [2.45, 2.75) is 13.5 Å². The Balaban J connectivity index is 1.13. The normalized spacial score (nSPS) is 14.6. The number of rotatable bonds is 7. The van der Waals surface area contributed by atoms with Crippen molar-refractivity contribution in [2.24, 2.45) is 0 Å². The van der Waals surface area contributed by atoms with Crippen LogP contribution >= 0.6 is 22.7 Å². The van der Waals surface area contributed by atoms with E-state index in [9.17, 15) is 9.59 Å². The van der Waals surface area contributed by atoms with Crippen LogP contribution in [0.3, 0.4) is 0 Å². The highest BCUT2D eigenvalue weighted by Gasteiger charge is 2.18. The molecule has 0 unspecified atom stereocenters. The third-order valence-corrected chi connectivity index (χ3v) is 7.94. The molecule has 1 amide bonds. The third-order valence-electron chi connectivity index (χ3n) is 6.15. The Labute approximate surface area is 206 Å². The molecule has 0 spiro atoms. The van der Waals surface area contributed by atoms with Crippen LogP contribution in [0, 0.1) is 6.92 Å². The van der Waals surface area contributed by atoms with Crippen molar-refractivity contribution < 1.29 is 4.79 Å². The fraction of sp³-hybridized carbons (Fsp3) is 0.320. The number of hydrogen-bond donors (Lipinski definition) is 1. The second-order valence-corrected chi connectivity index (χ2v) is 10.3. The van der Waals surface area contributed by atoms with Gasteiger partial charge < -0.3 is 10.2 Å². The van der Waals surface area contributed by atoms with Gasteiger partial charge in [0.15, 0.2) is 0 Å². The molecule has 0 saturated carbocycles. The van der Waals surface area contributed by atoms with Crippen LogP contribution in [-0.4, -0.2) is 59.6 Å². The number of aromatic nitrogens is 2. The molecule has 4 heterocycles. The average molecular weight is 494 g/mol. The summed E-state index contributed by atoms with van der Waals surface area (Å²) in [7, 11) is 0. The van der Waals surface area contributed by atoms with Gasteiger partial charge in [0.1, 0.15) is 11.4 Å². The van der Waals surface area contributed by atoms with Gasteiger partial charge in [-0.2, -0.15) is 0 Å². The number of anilines is 1. The number of aryl methyl sites for hydroxylation is 1. The number of carbonyl (C=O) groups is 1. The fourth-order valence-electron chi connectivity index (χ4n) is 4.31. The van der Waals surface area contributed by atoms with E-state index in [0.717, 1.165) is 43.2 Å². The number of carbonyl (C=O) groups excluding carboxylic acids is 1. The lowest BCUT2D eigenvalue weighted by Gasteiger charge is -2.36. The van der Waals surface area contributed by atoms with E-state index in [0.29, 0.717) is 16.8 Å². The van der Waals surface area contributed by atoms with Gasteiger partial charge in [-0.1, -0.05) is 18.2 Å². The van der Waals surface area contributed by atoms with Crippen LogP contribution in [0.15, 0.2) is 58.3 Å². The minimum atomic E-state index is -0.172. The maximum Gasteiger partial charge on any atom is 0.263 e. The zero-order valence-electron chi connectivity index (χ0n) is 19.1. The van der Waals surface area contributed by atoms with Gasteiger partial charge in [0.25, 0.3) is 5.56 Å². The first-order chi connectivity index (χ1) is 16.6. The highest BCUT2D eigenvalue weighted by Crippen LogP contribution is 2.33. The van der Waals surface area contributed by atoms with E-state index < -0.39 is 0 Å². The van der Waals surface area contributed by atoms with E-state index in [1.54, 1.807) is 11.3 Å². The van der Waals surface area contributed by atoms with Gasteiger partial charge >= 0.3 is 0 Å². The number of piperazine rings is 1. The predicted molar refractivity (Wildman–Crippen MR) is 140 cm³/mol. The zero-order valence-corrected chi connectivity index (χ0v) is 20.7. The smallest absolute Gasteiger partial charge is 0.263 e. The summed E-state index contributed by atoms with van der Waals surface area (Å²) < 4.78 is 1.40. The Hall–Kier alpha value is -3.01. The number of benzene rings is 1. The van der Waals surface area contributed by atoms with Crippen LogP contribution in [0.1, 0.15) is 5.56 Å². The van der Waals surface area contributed by atoms with E-state index in [1.165, 1.54) is 33.5 Å². The number of hydrogen-bond acceptors (Lipinski definition) is 7. The van der Waals surface area contributed by atoms with Crippen molar-refractivity contribution in [3.63, 3.8) is 0 Å². The topological polar surface area (TPSA) is 70.5 Å². The molecule has 5 rings (SSSR count). The van der Waals surface area contributed by atoms with Crippen LogP contribution in [0.2, 0.25) is 0 Å². The standard InChI is InChI=1S/C25H27N5O2S2/c1-18-4-2-5-19(14-18)29-11-9-28(10-12-29)8-7-26-22(31)15-30-17-27-24-23(25(30)32)20(16-34-24)21-6-3-13-33-21/h2-6,13-14,16-17H,7-12,15H2,1H3,(H,26,31). The van der Waals surface area contributed by atoms with E-state index in [2.05, 4.69) is 51.3 Å². The fourth-order valence-corrected chi connectivity index (χ4v) is 6.03. The second-order valence-electron chi connectivity index (χ2n) is 8.50. The summed E-state index contributed by atoms with van der Waals surface area (Å²) in [5.41, 5.74) is 3.28. The molecule has 0 aliphatic carbocycles. The van der Waals surface area contributed by atoms with Crippen LogP contribution in [0.4, 0.5) is 5.69 Å². The monoisotopic (exact) mass is 493 g/mol. The Morgan fingerprint density at radius 2 is 1.97 bits per heavy atom. The lowest BCUT2D eigenvalue weighted by atomic mass is 10.2. The number of fused-ring (bicyclic) bond motifs is 1. The molecule has 0 atom stereocenters. The lowest BCUT2D eigenvalue weighted by Crippen LogP contribution is -2.48. The van der Waals surface area contributed by atoms with Crippen LogP contribution in [-0.2, 0) is 11.3 Å². The molecule has 1 aliphatic rings. The minimum absolute atomic E-state index is 0.0252. The molecule has 1 aliphatic heterocycles. The highest BCUT2D eigenvalue weighted by atomic mass is 32.1. The van der Waals surface area contributed by atoms with Gasteiger partial charge in [-0.25, -0.2) is 4.98 Å². The maximum absolute atomic E-state index is 13.1.